The van der Waals surface area contributed by atoms with Crippen LogP contribution in [0.3, 0.4) is 0 Å². The SMILES string of the molecule is CC(C)OCCCNCc1cccn1C. The molecule has 0 amide bonds. The molecule has 0 unspecified atom stereocenters. The molecule has 0 spiro atoms. The number of aromatic nitrogens is 1. The Morgan fingerprint density at radius 2 is 2.27 bits per heavy atom. The molecule has 1 N–H and O–H groups in total. The first-order valence-corrected chi connectivity index (χ1v) is 5.62. The third kappa shape index (κ3) is 5.00. The van der Waals surface area contributed by atoms with Gasteiger partial charge in [-0.1, -0.05) is 0 Å². The largest absolute Gasteiger partial charge is 0.379 e. The highest BCUT2D eigenvalue weighted by Gasteiger charge is 1.96. The summed E-state index contributed by atoms with van der Waals surface area (Å²) < 4.78 is 7.59. The van der Waals surface area contributed by atoms with Gasteiger partial charge < -0.3 is 14.6 Å². The van der Waals surface area contributed by atoms with Crippen LogP contribution < -0.4 is 5.32 Å². The Bertz CT molecular complexity index is 268. The molecular weight excluding hydrogens is 188 g/mol. The molecule has 0 aliphatic carbocycles. The highest BCUT2D eigenvalue weighted by molar-refractivity contribution is 5.05. The van der Waals surface area contributed by atoms with Gasteiger partial charge >= 0.3 is 0 Å². The molecule has 0 saturated heterocycles. The smallest absolute Gasteiger partial charge is 0.0518 e. The predicted octanol–water partition coefficient (Wildman–Crippen LogP) is 1.93. The molecule has 0 bridgehead atoms. The normalized spacial score (nSPS) is 11.2. The summed E-state index contributed by atoms with van der Waals surface area (Å²) in [5.41, 5.74) is 1.32. The standard InChI is InChI=1S/C12H22N2O/c1-11(2)15-9-5-7-13-10-12-6-4-8-14(12)3/h4,6,8,11,13H,5,7,9-10H2,1-3H3. The lowest BCUT2D eigenvalue weighted by Crippen LogP contribution is -2.18. The zero-order chi connectivity index (χ0) is 11.1. The first kappa shape index (κ1) is 12.3. The van der Waals surface area contributed by atoms with Gasteiger partial charge in [0.2, 0.25) is 0 Å². The van der Waals surface area contributed by atoms with Gasteiger partial charge in [-0.3, -0.25) is 0 Å². The van der Waals surface area contributed by atoms with E-state index >= 15 is 0 Å². The van der Waals surface area contributed by atoms with E-state index in [2.05, 4.69) is 49.1 Å². The lowest BCUT2D eigenvalue weighted by atomic mass is 10.4. The van der Waals surface area contributed by atoms with Gasteiger partial charge in [0, 0.05) is 32.1 Å². The summed E-state index contributed by atoms with van der Waals surface area (Å²) in [6.45, 7) is 6.93. The molecule has 0 fully saturated rings. The first-order chi connectivity index (χ1) is 7.20. The van der Waals surface area contributed by atoms with E-state index in [0.29, 0.717) is 6.10 Å². The van der Waals surface area contributed by atoms with Crippen molar-refractivity contribution in [3.8, 4) is 0 Å². The van der Waals surface area contributed by atoms with Crippen molar-refractivity contribution in [3.63, 3.8) is 0 Å². The van der Waals surface area contributed by atoms with Crippen LogP contribution in [-0.2, 0) is 18.3 Å². The average molecular weight is 210 g/mol. The number of ether oxygens (including phenoxy) is 1. The Morgan fingerprint density at radius 3 is 2.87 bits per heavy atom. The van der Waals surface area contributed by atoms with E-state index in [0.717, 1.165) is 26.1 Å². The molecule has 15 heavy (non-hydrogen) atoms. The maximum absolute atomic E-state index is 5.46. The van der Waals surface area contributed by atoms with Gasteiger partial charge in [-0.05, 0) is 38.9 Å². The molecular formula is C12H22N2O. The molecule has 1 aromatic rings. The number of rotatable bonds is 7. The van der Waals surface area contributed by atoms with Crippen LogP contribution in [0.2, 0.25) is 0 Å². The second-order valence-corrected chi connectivity index (χ2v) is 4.06. The minimum Gasteiger partial charge on any atom is -0.379 e. The van der Waals surface area contributed by atoms with Crippen molar-refractivity contribution in [2.45, 2.75) is 32.9 Å². The monoisotopic (exact) mass is 210 g/mol. The Kier molecular flexibility index (Phi) is 5.43. The summed E-state index contributed by atoms with van der Waals surface area (Å²) in [5.74, 6) is 0. The van der Waals surface area contributed by atoms with Gasteiger partial charge in [0.25, 0.3) is 0 Å². The summed E-state index contributed by atoms with van der Waals surface area (Å²) in [4.78, 5) is 0. The number of hydrogen-bond donors (Lipinski definition) is 1. The second-order valence-electron chi connectivity index (χ2n) is 4.06. The summed E-state index contributed by atoms with van der Waals surface area (Å²) in [6.07, 6.45) is 3.49. The third-order valence-electron chi connectivity index (χ3n) is 2.31. The first-order valence-electron chi connectivity index (χ1n) is 5.62. The molecule has 0 atom stereocenters. The number of hydrogen-bond acceptors (Lipinski definition) is 2. The third-order valence-corrected chi connectivity index (χ3v) is 2.31. The highest BCUT2D eigenvalue weighted by Crippen LogP contribution is 1.98. The summed E-state index contributed by atoms with van der Waals surface area (Å²) in [6, 6.07) is 4.20. The Hall–Kier alpha value is -0.800. The molecule has 0 aliphatic rings. The molecule has 1 rings (SSSR count). The highest BCUT2D eigenvalue weighted by atomic mass is 16.5. The molecule has 1 aromatic heterocycles. The van der Waals surface area contributed by atoms with Gasteiger partial charge in [-0.15, -0.1) is 0 Å². The zero-order valence-corrected chi connectivity index (χ0v) is 9.99. The van der Waals surface area contributed by atoms with Crippen molar-refractivity contribution in [3.05, 3.63) is 24.0 Å². The zero-order valence-electron chi connectivity index (χ0n) is 9.99. The summed E-state index contributed by atoms with van der Waals surface area (Å²) in [7, 11) is 2.07. The molecule has 1 heterocycles. The topological polar surface area (TPSA) is 26.2 Å². The fourth-order valence-electron chi connectivity index (χ4n) is 1.41. The van der Waals surface area contributed by atoms with Crippen LogP contribution in [0.25, 0.3) is 0 Å². The molecule has 0 aliphatic heterocycles. The molecule has 86 valence electrons. The minimum atomic E-state index is 0.345. The lowest BCUT2D eigenvalue weighted by Gasteiger charge is -2.08. The van der Waals surface area contributed by atoms with Gasteiger partial charge in [-0.25, -0.2) is 0 Å². The Balaban J connectivity index is 2.00. The van der Waals surface area contributed by atoms with Crippen molar-refractivity contribution >= 4 is 0 Å². The maximum Gasteiger partial charge on any atom is 0.0518 e. The molecule has 0 aromatic carbocycles. The Labute approximate surface area is 92.4 Å². The summed E-state index contributed by atoms with van der Waals surface area (Å²) >= 11 is 0. The van der Waals surface area contributed by atoms with Gasteiger partial charge in [0.15, 0.2) is 0 Å². The van der Waals surface area contributed by atoms with Gasteiger partial charge in [0.1, 0.15) is 0 Å². The maximum atomic E-state index is 5.46. The lowest BCUT2D eigenvalue weighted by molar-refractivity contribution is 0.0770. The number of aryl methyl sites for hydroxylation is 1. The summed E-state index contributed by atoms with van der Waals surface area (Å²) in [5, 5.41) is 3.40. The quantitative estimate of drug-likeness (QED) is 0.696. The second kappa shape index (κ2) is 6.64. The van der Waals surface area contributed by atoms with E-state index in [-0.39, 0.29) is 0 Å². The van der Waals surface area contributed by atoms with Crippen LogP contribution in [0.5, 0.6) is 0 Å². The van der Waals surface area contributed by atoms with Crippen LogP contribution in [0.15, 0.2) is 18.3 Å². The van der Waals surface area contributed by atoms with Crippen molar-refractivity contribution in [1.29, 1.82) is 0 Å². The van der Waals surface area contributed by atoms with Crippen molar-refractivity contribution in [1.82, 2.24) is 9.88 Å². The van der Waals surface area contributed by atoms with E-state index in [9.17, 15) is 0 Å². The van der Waals surface area contributed by atoms with Crippen molar-refractivity contribution in [2.75, 3.05) is 13.2 Å². The van der Waals surface area contributed by atoms with E-state index in [4.69, 9.17) is 4.74 Å². The molecule has 0 saturated carbocycles. The molecule has 0 radical (unpaired) electrons. The van der Waals surface area contributed by atoms with E-state index < -0.39 is 0 Å². The van der Waals surface area contributed by atoms with Crippen molar-refractivity contribution in [2.24, 2.45) is 7.05 Å². The molecule has 3 heteroatoms. The van der Waals surface area contributed by atoms with Crippen LogP contribution in [-0.4, -0.2) is 23.8 Å². The van der Waals surface area contributed by atoms with Crippen LogP contribution in [0.1, 0.15) is 26.0 Å². The minimum absolute atomic E-state index is 0.345. The van der Waals surface area contributed by atoms with Crippen LogP contribution >= 0.6 is 0 Å². The van der Waals surface area contributed by atoms with E-state index in [1.807, 2.05) is 0 Å². The van der Waals surface area contributed by atoms with Crippen LogP contribution in [0.4, 0.5) is 0 Å². The van der Waals surface area contributed by atoms with Crippen molar-refractivity contribution < 1.29 is 4.74 Å². The van der Waals surface area contributed by atoms with E-state index in [1.54, 1.807) is 0 Å². The molecule has 3 nitrogen and oxygen atoms in total. The predicted molar refractivity (Wildman–Crippen MR) is 62.8 cm³/mol. The Morgan fingerprint density at radius 1 is 1.47 bits per heavy atom. The number of nitrogens with zero attached hydrogens (tertiary/aromatic N) is 1. The fourth-order valence-corrected chi connectivity index (χ4v) is 1.41. The van der Waals surface area contributed by atoms with Gasteiger partial charge in [-0.2, -0.15) is 0 Å². The fraction of sp³-hybridized carbons (Fsp3) is 0.667. The van der Waals surface area contributed by atoms with Gasteiger partial charge in [0.05, 0.1) is 6.10 Å². The number of nitrogens with one attached hydrogen (secondary N) is 1. The van der Waals surface area contributed by atoms with E-state index in [1.165, 1.54) is 5.69 Å². The van der Waals surface area contributed by atoms with Crippen LogP contribution in [0, 0.1) is 0 Å². The average Bonchev–Trinajstić information content (AvgIpc) is 2.57.